The first kappa shape index (κ1) is 14.9. The average molecular weight is 321 g/mol. The lowest BCUT2D eigenvalue weighted by Crippen LogP contribution is -2.20. The van der Waals surface area contributed by atoms with Crippen LogP contribution in [0.4, 0.5) is 5.95 Å². The maximum Gasteiger partial charge on any atom is 0.225 e. The number of carbonyl (C=O) groups excluding carboxylic acids is 1. The summed E-state index contributed by atoms with van der Waals surface area (Å²) in [7, 11) is 0. The molecule has 1 aliphatic carbocycles. The van der Waals surface area contributed by atoms with E-state index < -0.39 is 0 Å². The molecule has 0 bridgehead atoms. The SMILES string of the molecule is O=C1/C(=C/c2cnc(N3CCCC3)nc2)CCc2cc(O)ccc21. The zero-order valence-electron chi connectivity index (χ0n) is 13.4. The van der Waals surface area contributed by atoms with E-state index in [1.54, 1.807) is 30.6 Å². The molecule has 0 amide bonds. The third-order valence-corrected chi connectivity index (χ3v) is 4.68. The number of rotatable bonds is 2. The quantitative estimate of drug-likeness (QED) is 0.861. The predicted octanol–water partition coefficient (Wildman–Crippen LogP) is 2.99. The summed E-state index contributed by atoms with van der Waals surface area (Å²) < 4.78 is 0. The van der Waals surface area contributed by atoms with Crippen molar-refractivity contribution in [2.45, 2.75) is 25.7 Å². The maximum atomic E-state index is 12.6. The van der Waals surface area contributed by atoms with Crippen molar-refractivity contribution in [1.29, 1.82) is 0 Å². The van der Waals surface area contributed by atoms with Gasteiger partial charge in [-0.3, -0.25) is 4.79 Å². The van der Waals surface area contributed by atoms with Crippen molar-refractivity contribution < 1.29 is 9.90 Å². The zero-order chi connectivity index (χ0) is 16.5. The molecule has 1 aromatic carbocycles. The normalized spacial score (nSPS) is 18.9. The Morgan fingerprint density at radius 3 is 2.58 bits per heavy atom. The molecule has 1 N–H and O–H groups in total. The van der Waals surface area contributed by atoms with Gasteiger partial charge in [-0.2, -0.15) is 0 Å². The van der Waals surface area contributed by atoms with Crippen LogP contribution < -0.4 is 4.90 Å². The molecule has 1 fully saturated rings. The van der Waals surface area contributed by atoms with Crippen LogP contribution in [0.5, 0.6) is 5.75 Å². The molecule has 2 aliphatic rings. The molecule has 0 spiro atoms. The Hall–Kier alpha value is -2.69. The number of ketones is 1. The Bertz CT molecular complexity index is 806. The first-order valence-corrected chi connectivity index (χ1v) is 8.35. The fraction of sp³-hybridized carbons (Fsp3) is 0.316. The second kappa shape index (κ2) is 6.07. The summed E-state index contributed by atoms with van der Waals surface area (Å²) in [6.45, 7) is 2.03. The van der Waals surface area contributed by atoms with Crippen molar-refractivity contribution >= 4 is 17.8 Å². The minimum absolute atomic E-state index is 0.0277. The molecule has 4 rings (SSSR count). The Balaban J connectivity index is 1.57. The van der Waals surface area contributed by atoms with Crippen LogP contribution in [0.3, 0.4) is 0 Å². The average Bonchev–Trinajstić information content (AvgIpc) is 3.12. The summed E-state index contributed by atoms with van der Waals surface area (Å²) in [5.74, 6) is 1.00. The van der Waals surface area contributed by atoms with Gasteiger partial charge in [0.25, 0.3) is 0 Å². The van der Waals surface area contributed by atoms with Gasteiger partial charge in [0, 0.05) is 42.2 Å². The fourth-order valence-corrected chi connectivity index (χ4v) is 3.39. The molecule has 1 aromatic heterocycles. The van der Waals surface area contributed by atoms with Crippen molar-refractivity contribution in [1.82, 2.24) is 9.97 Å². The van der Waals surface area contributed by atoms with Crippen molar-refractivity contribution in [2.24, 2.45) is 0 Å². The van der Waals surface area contributed by atoms with Crippen LogP contribution in [0.15, 0.2) is 36.2 Å². The molecular formula is C19H19N3O2. The molecule has 0 atom stereocenters. The summed E-state index contributed by atoms with van der Waals surface area (Å²) in [6, 6.07) is 4.94. The molecule has 24 heavy (non-hydrogen) atoms. The zero-order valence-corrected chi connectivity index (χ0v) is 13.4. The number of fused-ring (bicyclic) bond motifs is 1. The molecule has 1 saturated heterocycles. The first-order chi connectivity index (χ1) is 11.7. The molecule has 2 heterocycles. The van der Waals surface area contributed by atoms with Crippen molar-refractivity contribution in [2.75, 3.05) is 18.0 Å². The molecule has 5 heteroatoms. The topological polar surface area (TPSA) is 66.3 Å². The third kappa shape index (κ3) is 2.77. The van der Waals surface area contributed by atoms with Gasteiger partial charge in [-0.25, -0.2) is 9.97 Å². The van der Waals surface area contributed by atoms with Gasteiger partial charge in [0.05, 0.1) is 0 Å². The van der Waals surface area contributed by atoms with Crippen LogP contribution in [0.25, 0.3) is 6.08 Å². The molecule has 0 saturated carbocycles. The number of aromatic hydroxyl groups is 1. The Kier molecular flexibility index (Phi) is 3.76. The standard InChI is InChI=1S/C19H19N3O2/c23-16-5-6-17-14(10-16)3-4-15(18(17)24)9-13-11-20-19(21-12-13)22-7-1-2-8-22/h5-6,9-12,23H,1-4,7-8H2/b15-9+. The number of hydrogen-bond acceptors (Lipinski definition) is 5. The van der Waals surface area contributed by atoms with Gasteiger partial charge in [-0.15, -0.1) is 0 Å². The highest BCUT2D eigenvalue weighted by Crippen LogP contribution is 2.29. The van der Waals surface area contributed by atoms with Crippen molar-refractivity contribution in [3.8, 4) is 5.75 Å². The van der Waals surface area contributed by atoms with Crippen LogP contribution in [-0.2, 0) is 6.42 Å². The van der Waals surface area contributed by atoms with Crippen LogP contribution in [0.1, 0.15) is 40.7 Å². The maximum absolute atomic E-state index is 12.6. The highest BCUT2D eigenvalue weighted by Gasteiger charge is 2.22. The van der Waals surface area contributed by atoms with E-state index in [2.05, 4.69) is 14.9 Å². The summed E-state index contributed by atoms with van der Waals surface area (Å²) >= 11 is 0. The van der Waals surface area contributed by atoms with E-state index in [1.165, 1.54) is 12.8 Å². The highest BCUT2D eigenvalue weighted by molar-refractivity contribution is 6.13. The largest absolute Gasteiger partial charge is 0.508 e. The van der Waals surface area contributed by atoms with Crippen molar-refractivity contribution in [3.63, 3.8) is 0 Å². The van der Waals surface area contributed by atoms with Crippen LogP contribution in [0.2, 0.25) is 0 Å². The number of phenols is 1. The fourth-order valence-electron chi connectivity index (χ4n) is 3.39. The molecule has 1 aliphatic heterocycles. The number of aromatic nitrogens is 2. The number of allylic oxidation sites excluding steroid dienone is 1. The molecule has 0 radical (unpaired) electrons. The van der Waals surface area contributed by atoms with Crippen LogP contribution >= 0.6 is 0 Å². The Morgan fingerprint density at radius 1 is 1.08 bits per heavy atom. The van der Waals surface area contributed by atoms with Crippen LogP contribution in [0, 0.1) is 0 Å². The van der Waals surface area contributed by atoms with E-state index in [1.807, 2.05) is 6.08 Å². The van der Waals surface area contributed by atoms with E-state index in [9.17, 15) is 9.90 Å². The first-order valence-electron chi connectivity index (χ1n) is 8.35. The van der Waals surface area contributed by atoms with E-state index >= 15 is 0 Å². The number of carbonyl (C=O) groups is 1. The minimum Gasteiger partial charge on any atom is -0.508 e. The van der Waals surface area contributed by atoms with Gasteiger partial charge in [-0.1, -0.05) is 0 Å². The molecule has 0 unspecified atom stereocenters. The second-order valence-electron chi connectivity index (χ2n) is 6.35. The molecule has 5 nitrogen and oxygen atoms in total. The number of anilines is 1. The van der Waals surface area contributed by atoms with Gasteiger partial charge in [0.2, 0.25) is 5.95 Å². The number of benzene rings is 1. The lowest BCUT2D eigenvalue weighted by Gasteiger charge is -2.18. The van der Waals surface area contributed by atoms with E-state index in [-0.39, 0.29) is 11.5 Å². The number of phenolic OH excluding ortho intramolecular Hbond substituents is 1. The minimum atomic E-state index is 0.0277. The van der Waals surface area contributed by atoms with Gasteiger partial charge >= 0.3 is 0 Å². The number of aryl methyl sites for hydroxylation is 1. The third-order valence-electron chi connectivity index (χ3n) is 4.68. The summed E-state index contributed by atoms with van der Waals surface area (Å²) in [5, 5.41) is 9.55. The van der Waals surface area contributed by atoms with Gasteiger partial charge in [0.15, 0.2) is 5.78 Å². The number of Topliss-reactive ketones (excluding diaryl/α,β-unsaturated/α-hetero) is 1. The van der Waals surface area contributed by atoms with Gasteiger partial charge < -0.3 is 10.0 Å². The van der Waals surface area contributed by atoms with E-state index in [0.717, 1.165) is 42.2 Å². The lowest BCUT2D eigenvalue weighted by atomic mass is 9.86. The summed E-state index contributed by atoms with van der Waals surface area (Å²) in [4.78, 5) is 23.7. The Labute approximate surface area is 140 Å². The lowest BCUT2D eigenvalue weighted by molar-refractivity contribution is 0.102. The molecule has 122 valence electrons. The monoisotopic (exact) mass is 321 g/mol. The molecule has 2 aromatic rings. The number of nitrogens with zero attached hydrogens (tertiary/aromatic N) is 3. The van der Waals surface area contributed by atoms with Gasteiger partial charge in [-0.05, 0) is 55.5 Å². The predicted molar refractivity (Wildman–Crippen MR) is 92.2 cm³/mol. The summed E-state index contributed by atoms with van der Waals surface area (Å²) in [6.07, 6.45) is 9.26. The number of hydrogen-bond donors (Lipinski definition) is 1. The van der Waals surface area contributed by atoms with Crippen LogP contribution in [-0.4, -0.2) is 33.9 Å². The smallest absolute Gasteiger partial charge is 0.225 e. The highest BCUT2D eigenvalue weighted by atomic mass is 16.3. The molecular weight excluding hydrogens is 302 g/mol. The van der Waals surface area contributed by atoms with Gasteiger partial charge in [0.1, 0.15) is 5.75 Å². The Morgan fingerprint density at radius 2 is 1.83 bits per heavy atom. The van der Waals surface area contributed by atoms with Crippen molar-refractivity contribution in [3.05, 3.63) is 52.9 Å². The second-order valence-corrected chi connectivity index (χ2v) is 6.35. The van der Waals surface area contributed by atoms with E-state index in [4.69, 9.17) is 0 Å². The summed E-state index contributed by atoms with van der Waals surface area (Å²) in [5.41, 5.74) is 3.21. The van der Waals surface area contributed by atoms with E-state index in [0.29, 0.717) is 12.0 Å².